The maximum Gasteiger partial charge on any atom is 0.417 e. The van der Waals surface area contributed by atoms with Gasteiger partial charge in [-0.05, 0) is 48.4 Å². The monoisotopic (exact) mass is 518 g/mol. The van der Waals surface area contributed by atoms with E-state index in [1.807, 2.05) is 0 Å². The summed E-state index contributed by atoms with van der Waals surface area (Å²) in [5.74, 6) is -0.630. The van der Waals surface area contributed by atoms with Crippen molar-refractivity contribution in [2.75, 3.05) is 39.3 Å². The standard InChI is InChI=1S/C24H24Cl2N4O5/c25-17-9-15(10-18(26)12-17)14-34-24(33)30-4-3-19(13-30)28-5-7-29(8-6-28)22(31)16-1-2-20-21(11-16)35-23(32)27-20/h1-2,9-12,19H,3-8,13-14H2,(H,27,32). The first kappa shape index (κ1) is 23.7. The molecule has 5 rings (SSSR count). The molecule has 11 heteroatoms. The summed E-state index contributed by atoms with van der Waals surface area (Å²) < 4.78 is 10.5. The van der Waals surface area contributed by atoms with Gasteiger partial charge in [0.15, 0.2) is 5.58 Å². The van der Waals surface area contributed by atoms with Crippen LogP contribution in [0.3, 0.4) is 0 Å². The number of aromatic amines is 1. The van der Waals surface area contributed by atoms with Crippen molar-refractivity contribution in [1.82, 2.24) is 19.7 Å². The molecular formula is C24H24Cl2N4O5. The fourth-order valence-corrected chi connectivity index (χ4v) is 5.26. The van der Waals surface area contributed by atoms with Crippen LogP contribution in [-0.2, 0) is 11.3 Å². The minimum atomic E-state index is -0.540. The normalized spacial score (nSPS) is 18.9. The van der Waals surface area contributed by atoms with Crippen molar-refractivity contribution in [3.63, 3.8) is 0 Å². The number of piperazine rings is 1. The third kappa shape index (κ3) is 5.32. The first-order valence-electron chi connectivity index (χ1n) is 11.4. The number of ether oxygens (including phenoxy) is 1. The fraction of sp³-hybridized carbons (Fsp3) is 0.375. The van der Waals surface area contributed by atoms with Gasteiger partial charge in [0.05, 0.1) is 5.52 Å². The van der Waals surface area contributed by atoms with Crippen LogP contribution in [0.1, 0.15) is 22.3 Å². The van der Waals surface area contributed by atoms with E-state index in [2.05, 4.69) is 9.88 Å². The third-order valence-electron chi connectivity index (χ3n) is 6.49. The second-order valence-corrected chi connectivity index (χ2v) is 9.65. The Kier molecular flexibility index (Phi) is 6.73. The molecule has 2 fully saturated rings. The summed E-state index contributed by atoms with van der Waals surface area (Å²) in [5.41, 5.74) is 2.17. The number of benzene rings is 2. The number of amides is 2. The highest BCUT2D eigenvalue weighted by Crippen LogP contribution is 2.22. The Morgan fingerprint density at radius 2 is 1.74 bits per heavy atom. The molecule has 0 spiro atoms. The zero-order valence-electron chi connectivity index (χ0n) is 18.8. The van der Waals surface area contributed by atoms with Gasteiger partial charge in [0.2, 0.25) is 0 Å². The third-order valence-corrected chi connectivity index (χ3v) is 6.93. The van der Waals surface area contributed by atoms with E-state index in [0.717, 1.165) is 25.1 Å². The lowest BCUT2D eigenvalue weighted by Crippen LogP contribution is -2.52. The molecule has 0 bridgehead atoms. The molecule has 1 atom stereocenters. The highest BCUT2D eigenvalue weighted by Gasteiger charge is 2.33. The molecule has 9 nitrogen and oxygen atoms in total. The van der Waals surface area contributed by atoms with Gasteiger partial charge in [-0.3, -0.25) is 14.7 Å². The molecule has 0 radical (unpaired) electrons. The number of rotatable bonds is 4. The van der Waals surface area contributed by atoms with Crippen LogP contribution in [0.5, 0.6) is 0 Å². The Hall–Kier alpha value is -3.01. The van der Waals surface area contributed by atoms with Gasteiger partial charge in [0.25, 0.3) is 5.91 Å². The molecule has 1 unspecified atom stereocenters. The van der Waals surface area contributed by atoms with Crippen LogP contribution in [0.2, 0.25) is 10.0 Å². The predicted molar refractivity (Wildman–Crippen MR) is 131 cm³/mol. The van der Waals surface area contributed by atoms with Crippen molar-refractivity contribution in [2.45, 2.75) is 19.1 Å². The topological polar surface area (TPSA) is 99.1 Å². The number of hydrogen-bond acceptors (Lipinski definition) is 6. The molecule has 0 saturated carbocycles. The number of oxazole rings is 1. The van der Waals surface area contributed by atoms with Crippen LogP contribution in [0.4, 0.5) is 4.79 Å². The second-order valence-electron chi connectivity index (χ2n) is 8.77. The van der Waals surface area contributed by atoms with Gasteiger partial charge < -0.3 is 19.0 Å². The number of fused-ring (bicyclic) bond motifs is 1. The van der Waals surface area contributed by atoms with Crippen molar-refractivity contribution < 1.29 is 18.7 Å². The van der Waals surface area contributed by atoms with Crippen molar-refractivity contribution >= 4 is 46.3 Å². The quantitative estimate of drug-likeness (QED) is 0.566. The number of aromatic nitrogens is 1. The predicted octanol–water partition coefficient (Wildman–Crippen LogP) is 3.60. The van der Waals surface area contributed by atoms with Gasteiger partial charge in [0.1, 0.15) is 6.61 Å². The van der Waals surface area contributed by atoms with E-state index in [4.69, 9.17) is 32.4 Å². The highest BCUT2D eigenvalue weighted by atomic mass is 35.5. The average Bonchev–Trinajstić information content (AvgIpc) is 3.47. The van der Waals surface area contributed by atoms with Crippen molar-refractivity contribution in [2.24, 2.45) is 0 Å². The second kappa shape index (κ2) is 9.93. The van der Waals surface area contributed by atoms with Gasteiger partial charge in [-0.25, -0.2) is 9.59 Å². The average molecular weight is 519 g/mol. The first-order valence-corrected chi connectivity index (χ1v) is 12.1. The number of nitrogens with zero attached hydrogens (tertiary/aromatic N) is 3. The smallest absolute Gasteiger partial charge is 0.417 e. The van der Waals surface area contributed by atoms with E-state index < -0.39 is 5.76 Å². The van der Waals surface area contributed by atoms with Crippen LogP contribution in [-0.4, -0.2) is 77.0 Å². The zero-order valence-corrected chi connectivity index (χ0v) is 20.3. The number of H-pyrrole nitrogens is 1. The van der Waals surface area contributed by atoms with E-state index in [1.165, 1.54) is 0 Å². The summed E-state index contributed by atoms with van der Waals surface area (Å²) in [5, 5.41) is 0.998. The van der Waals surface area contributed by atoms with Crippen LogP contribution in [0.15, 0.2) is 45.6 Å². The summed E-state index contributed by atoms with van der Waals surface area (Å²) in [4.78, 5) is 45.3. The summed E-state index contributed by atoms with van der Waals surface area (Å²) in [7, 11) is 0. The van der Waals surface area contributed by atoms with E-state index in [9.17, 15) is 14.4 Å². The Morgan fingerprint density at radius 3 is 2.49 bits per heavy atom. The van der Waals surface area contributed by atoms with Crippen LogP contribution < -0.4 is 5.76 Å². The van der Waals surface area contributed by atoms with Crippen LogP contribution >= 0.6 is 23.2 Å². The van der Waals surface area contributed by atoms with E-state index in [1.54, 1.807) is 46.2 Å². The number of hydrogen-bond donors (Lipinski definition) is 1. The van der Waals surface area contributed by atoms with Gasteiger partial charge >= 0.3 is 11.8 Å². The molecule has 1 aromatic heterocycles. The SMILES string of the molecule is O=C(OCc1cc(Cl)cc(Cl)c1)N1CCC(N2CCN(C(=O)c3ccc4[nH]c(=O)oc4c3)CC2)C1. The van der Waals surface area contributed by atoms with Gasteiger partial charge in [-0.2, -0.15) is 0 Å². The molecule has 2 aliphatic rings. The number of nitrogens with one attached hydrogen (secondary N) is 1. The molecule has 184 valence electrons. The zero-order chi connectivity index (χ0) is 24.5. The molecule has 3 heterocycles. The molecule has 0 aliphatic carbocycles. The summed E-state index contributed by atoms with van der Waals surface area (Å²) in [6, 6.07) is 10.3. The van der Waals surface area contributed by atoms with Gasteiger partial charge in [-0.1, -0.05) is 23.2 Å². The summed E-state index contributed by atoms with van der Waals surface area (Å²) >= 11 is 12.0. The Labute approximate surface area is 211 Å². The Bertz CT molecular complexity index is 1290. The largest absolute Gasteiger partial charge is 0.445 e. The van der Waals surface area contributed by atoms with Gasteiger partial charge in [0, 0.05) is 60.9 Å². The van der Waals surface area contributed by atoms with E-state index in [0.29, 0.717) is 52.9 Å². The summed E-state index contributed by atoms with van der Waals surface area (Å²) in [6.45, 7) is 3.95. The van der Waals surface area contributed by atoms with Crippen molar-refractivity contribution in [1.29, 1.82) is 0 Å². The Morgan fingerprint density at radius 1 is 1.00 bits per heavy atom. The number of carbonyl (C=O) groups excluding carboxylic acids is 2. The molecule has 2 aliphatic heterocycles. The van der Waals surface area contributed by atoms with Crippen molar-refractivity contribution in [3.05, 3.63) is 68.1 Å². The van der Waals surface area contributed by atoms with E-state index in [-0.39, 0.29) is 24.6 Å². The minimum Gasteiger partial charge on any atom is -0.445 e. The molecular weight excluding hydrogens is 495 g/mol. The Balaban J connectivity index is 1.11. The highest BCUT2D eigenvalue weighted by molar-refractivity contribution is 6.34. The molecule has 35 heavy (non-hydrogen) atoms. The van der Waals surface area contributed by atoms with Crippen LogP contribution in [0, 0.1) is 0 Å². The first-order chi connectivity index (χ1) is 16.9. The van der Waals surface area contributed by atoms with Gasteiger partial charge in [-0.15, -0.1) is 0 Å². The van der Waals surface area contributed by atoms with Crippen molar-refractivity contribution in [3.8, 4) is 0 Å². The number of carbonyl (C=O) groups is 2. The molecule has 2 aromatic carbocycles. The molecule has 1 N–H and O–H groups in total. The maximum atomic E-state index is 12.9. The minimum absolute atomic E-state index is 0.0897. The summed E-state index contributed by atoms with van der Waals surface area (Å²) in [6.07, 6.45) is 0.499. The lowest BCUT2D eigenvalue weighted by atomic mass is 10.1. The maximum absolute atomic E-state index is 12.9. The molecule has 2 amide bonds. The molecule has 2 saturated heterocycles. The van der Waals surface area contributed by atoms with E-state index >= 15 is 0 Å². The van der Waals surface area contributed by atoms with Crippen LogP contribution in [0.25, 0.3) is 11.1 Å². The molecule has 3 aromatic rings. The number of halogens is 2. The number of likely N-dealkylation sites (tertiary alicyclic amines) is 1. The lowest BCUT2D eigenvalue weighted by molar-refractivity contribution is 0.0569. The lowest BCUT2D eigenvalue weighted by Gasteiger charge is -2.38. The fourth-order valence-electron chi connectivity index (χ4n) is 4.69.